The van der Waals surface area contributed by atoms with Crippen molar-refractivity contribution in [3.05, 3.63) is 76.7 Å². The number of azide groups is 1. The number of hydrogen-bond donors (Lipinski definition) is 1. The third-order valence-corrected chi connectivity index (χ3v) is 13.6. The summed E-state index contributed by atoms with van der Waals surface area (Å²) in [4.78, 5) is 110. The van der Waals surface area contributed by atoms with E-state index >= 15 is 4.79 Å². The minimum absolute atomic E-state index is 0.0311. The van der Waals surface area contributed by atoms with Crippen LogP contribution in [-0.2, 0) is 85.7 Å². The summed E-state index contributed by atoms with van der Waals surface area (Å²) in [6.07, 6.45) is -14.3. The summed E-state index contributed by atoms with van der Waals surface area (Å²) < 4.78 is 66.0. The molecule has 23 nitrogen and oxygen atoms in total. The third-order valence-electron chi connectivity index (χ3n) is 10.5. The Morgan fingerprint density at radius 1 is 0.803 bits per heavy atom. The predicted octanol–water partition coefficient (Wildman–Crippen LogP) is 4.21. The molecule has 1 amide bonds. The third kappa shape index (κ3) is 16.5. The summed E-state index contributed by atoms with van der Waals surface area (Å²) >= 11 is 0.825. The molecular weight excluding hydrogens is 973 g/mol. The minimum atomic E-state index is -3.05. The zero-order valence-corrected chi connectivity index (χ0v) is 42.8. The zero-order chi connectivity index (χ0) is 52.6. The number of nitrogens with one attached hydrogen (secondary N) is 1. The van der Waals surface area contributed by atoms with Crippen LogP contribution < -0.4 is 5.32 Å². The maximum absolute atomic E-state index is 15.2. The van der Waals surface area contributed by atoms with Gasteiger partial charge in [0.15, 0.2) is 24.6 Å². The molecule has 1 N–H and O–H groups in total. The number of ether oxygens (including phenoxy) is 11. The molecule has 2 aliphatic heterocycles. The van der Waals surface area contributed by atoms with Crippen molar-refractivity contribution >= 4 is 67.5 Å². The number of nitrogens with zero attached hydrogens (tertiary/aromatic N) is 3. The Labute approximate surface area is 415 Å². The predicted molar refractivity (Wildman–Crippen MR) is 249 cm³/mol. The normalized spacial score (nSPS) is 25.9. The second-order valence-electron chi connectivity index (χ2n) is 17.5. The Morgan fingerprint density at radius 2 is 1.41 bits per heavy atom. The van der Waals surface area contributed by atoms with Crippen LogP contribution in [-0.4, -0.2) is 155 Å². The molecule has 2 aromatic rings. The van der Waals surface area contributed by atoms with Gasteiger partial charge in [0.2, 0.25) is 5.91 Å². The quantitative estimate of drug-likeness (QED) is 0.0431. The molecule has 0 aromatic heterocycles. The second-order valence-corrected chi connectivity index (χ2v) is 24.3. The summed E-state index contributed by atoms with van der Waals surface area (Å²) in [6, 6.07) is 13.3. The molecule has 12 atom stereocenters. The molecule has 2 aliphatic rings. The van der Waals surface area contributed by atoms with Crippen molar-refractivity contribution in [2.45, 2.75) is 144 Å². The van der Waals surface area contributed by atoms with Gasteiger partial charge in [-0.05, 0) is 35.8 Å². The number of carbonyl (C=O) groups is 8. The van der Waals surface area contributed by atoms with Crippen molar-refractivity contribution in [1.29, 1.82) is 0 Å². The summed E-state index contributed by atoms with van der Waals surface area (Å²) in [6.45, 7) is 11.0. The second kappa shape index (κ2) is 26.4. The summed E-state index contributed by atoms with van der Waals surface area (Å²) in [5.74, 6) is -10.8. The smallest absolute Gasteiger partial charge is 0.368 e. The molecule has 2 heterocycles. The van der Waals surface area contributed by atoms with Crippen LogP contribution in [0.4, 0.5) is 0 Å². The number of hydrogen-bond acceptors (Lipinski definition) is 21. The number of amides is 1. The van der Waals surface area contributed by atoms with Crippen LogP contribution in [0, 0.1) is 0 Å². The van der Waals surface area contributed by atoms with Gasteiger partial charge in [-0.2, -0.15) is 0 Å². The molecule has 0 unspecified atom stereocenters. The maximum atomic E-state index is 15.2. The van der Waals surface area contributed by atoms with E-state index in [1.807, 2.05) is 0 Å². The lowest BCUT2D eigenvalue weighted by Gasteiger charge is -2.54. The Bertz CT molecular complexity index is 2250. The SMILES string of the molecule is COC(=O)[C@]1(O[C@@H]2[C@@H](N=[N+]=[N-])[C@H](OCC[Si](C)(C)C)O[C@H](COC(=O)c3ccccc3)[C@@H]2OC(C)=O)O[C@@H]([C@H](OC(C)=O)[C@@H](COC(C)=O)OC(C)=O)[C@H](NC(C)=O)[C@@H](OC(C)=O)[C@@H]1Sc1ccccc1. The number of thioether (sulfide) groups is 1. The molecule has 2 saturated heterocycles. The average molecular weight is 1030 g/mol. The molecule has 2 fully saturated rings. The first kappa shape index (κ1) is 57.5. The van der Waals surface area contributed by atoms with E-state index in [1.54, 1.807) is 48.5 Å². The highest BCUT2D eigenvalue weighted by Crippen LogP contribution is 2.47. The van der Waals surface area contributed by atoms with Crippen LogP contribution in [0.5, 0.6) is 0 Å². The van der Waals surface area contributed by atoms with Crippen molar-refractivity contribution in [3.8, 4) is 0 Å². The maximum Gasteiger partial charge on any atom is 0.368 e. The summed E-state index contributed by atoms with van der Waals surface area (Å²) in [5.41, 5.74) is 10.3. The highest BCUT2D eigenvalue weighted by atomic mass is 32.2. The number of rotatable bonds is 22. The van der Waals surface area contributed by atoms with Gasteiger partial charge < -0.3 is 57.4 Å². The molecule has 71 heavy (non-hydrogen) atoms. The van der Waals surface area contributed by atoms with E-state index < -0.39 is 141 Å². The Morgan fingerprint density at radius 3 is 1.94 bits per heavy atom. The standard InChI is InChI=1S/C46H60N4O19SSi/c1-25(51)48-35-39(37(64-28(4)54)33(63-27(3)53)23-61-26(2)52)68-46(45(58)59-7,42(41(35)66-30(6)56)70-32-19-15-12-16-20-32)69-40-36(49-50-47)44(60-21-22-71(8,9)10)67-34(38(40)65-29(5)55)24-62-43(57)31-17-13-11-14-18-31/h11-20,33-42,44H,21-24H2,1-10H3,(H,48,51)/t33-,34-,35+,36-,37-,38+,39-,40-,41-,42+,44-,46+/m1/s1. The first-order chi connectivity index (χ1) is 33.5. The van der Waals surface area contributed by atoms with E-state index in [4.69, 9.17) is 52.1 Å². The number of methoxy groups -OCH3 is 1. The monoisotopic (exact) mass is 1030 g/mol. The van der Waals surface area contributed by atoms with Crippen LogP contribution in [0.3, 0.4) is 0 Å². The topological polar surface area (TPSA) is 299 Å². The van der Waals surface area contributed by atoms with Crippen LogP contribution in [0.2, 0.25) is 25.7 Å². The van der Waals surface area contributed by atoms with Gasteiger partial charge in [0.25, 0.3) is 5.79 Å². The highest BCUT2D eigenvalue weighted by molar-refractivity contribution is 8.00. The van der Waals surface area contributed by atoms with Crippen molar-refractivity contribution < 1.29 is 90.5 Å². The molecule has 0 radical (unpaired) electrons. The number of carbonyl (C=O) groups excluding carboxylic acids is 8. The fourth-order valence-electron chi connectivity index (χ4n) is 7.64. The van der Waals surface area contributed by atoms with Crippen molar-refractivity contribution in [1.82, 2.24) is 5.32 Å². The molecule has 25 heteroatoms. The van der Waals surface area contributed by atoms with Gasteiger partial charge in [-0.15, -0.1) is 11.8 Å². The van der Waals surface area contributed by atoms with Gasteiger partial charge in [-0.25, -0.2) is 9.59 Å². The van der Waals surface area contributed by atoms with E-state index in [2.05, 4.69) is 35.0 Å². The van der Waals surface area contributed by atoms with Crippen molar-refractivity contribution in [3.63, 3.8) is 0 Å². The number of esters is 7. The first-order valence-corrected chi connectivity index (χ1v) is 26.9. The summed E-state index contributed by atoms with van der Waals surface area (Å²) in [5, 5.41) is 4.93. The van der Waals surface area contributed by atoms with E-state index in [9.17, 15) is 39.1 Å². The van der Waals surface area contributed by atoms with Crippen LogP contribution in [0.15, 0.2) is 70.7 Å². The Balaban J connectivity index is 2.12. The lowest BCUT2D eigenvalue weighted by Crippen LogP contribution is -2.76. The lowest BCUT2D eigenvalue weighted by molar-refractivity contribution is -0.352. The molecule has 0 spiro atoms. The van der Waals surface area contributed by atoms with Crippen LogP contribution in [0.1, 0.15) is 51.9 Å². The molecule has 0 bridgehead atoms. The molecule has 0 aliphatic carbocycles. The van der Waals surface area contributed by atoms with Gasteiger partial charge in [0.1, 0.15) is 48.9 Å². The van der Waals surface area contributed by atoms with E-state index in [0.717, 1.165) is 60.4 Å². The van der Waals surface area contributed by atoms with Crippen molar-refractivity contribution in [2.75, 3.05) is 26.9 Å². The van der Waals surface area contributed by atoms with Crippen LogP contribution in [0.25, 0.3) is 10.4 Å². The highest BCUT2D eigenvalue weighted by Gasteiger charge is 2.68. The van der Waals surface area contributed by atoms with E-state index in [-0.39, 0.29) is 12.2 Å². The number of benzene rings is 2. The summed E-state index contributed by atoms with van der Waals surface area (Å²) in [7, 11) is -0.885. The van der Waals surface area contributed by atoms with Gasteiger partial charge in [0, 0.05) is 66.0 Å². The van der Waals surface area contributed by atoms with Crippen LogP contribution >= 0.6 is 11.8 Å². The van der Waals surface area contributed by atoms with E-state index in [0.29, 0.717) is 10.9 Å². The fraction of sp³-hybridized carbons (Fsp3) is 0.565. The Kier molecular flexibility index (Phi) is 21.4. The fourth-order valence-corrected chi connectivity index (χ4v) is 9.70. The molecule has 388 valence electrons. The molecule has 4 rings (SSSR count). The minimum Gasteiger partial charge on any atom is -0.465 e. The van der Waals surface area contributed by atoms with Gasteiger partial charge >= 0.3 is 41.8 Å². The Hall–Kier alpha value is -6.08. The van der Waals surface area contributed by atoms with E-state index in [1.165, 1.54) is 12.1 Å². The van der Waals surface area contributed by atoms with Crippen molar-refractivity contribution in [2.24, 2.45) is 5.11 Å². The average Bonchev–Trinajstić information content (AvgIpc) is 3.29. The largest absolute Gasteiger partial charge is 0.465 e. The molecule has 2 aromatic carbocycles. The molecule has 0 saturated carbocycles. The lowest BCUT2D eigenvalue weighted by atomic mass is 9.86. The van der Waals surface area contributed by atoms with Gasteiger partial charge in [-0.3, -0.25) is 28.8 Å². The zero-order valence-electron chi connectivity index (χ0n) is 41.0. The molecular formula is C46H60N4O19SSi. The van der Waals surface area contributed by atoms with Gasteiger partial charge in [0.05, 0.1) is 18.7 Å². The van der Waals surface area contributed by atoms with Gasteiger partial charge in [-0.1, -0.05) is 61.2 Å². The first-order valence-electron chi connectivity index (χ1n) is 22.3.